The summed E-state index contributed by atoms with van der Waals surface area (Å²) >= 11 is 0. The van der Waals surface area contributed by atoms with Crippen molar-refractivity contribution in [2.75, 3.05) is 10.6 Å². The van der Waals surface area contributed by atoms with Crippen molar-refractivity contribution < 1.29 is 29.3 Å². The van der Waals surface area contributed by atoms with Crippen molar-refractivity contribution in [1.82, 2.24) is 19.9 Å². The van der Waals surface area contributed by atoms with Crippen LogP contribution in [0.5, 0.6) is 23.0 Å². The topological polar surface area (TPSA) is 169 Å². The molecule has 432 valence electrons. The van der Waals surface area contributed by atoms with E-state index in [-0.39, 0.29) is 73.0 Å². The summed E-state index contributed by atoms with van der Waals surface area (Å²) in [5.74, 6) is 0.583. The van der Waals surface area contributed by atoms with Gasteiger partial charge in [-0.2, -0.15) is 0 Å². The van der Waals surface area contributed by atoms with E-state index in [0.29, 0.717) is 79.0 Å². The van der Waals surface area contributed by atoms with Gasteiger partial charge in [-0.1, -0.05) is 126 Å². The van der Waals surface area contributed by atoms with E-state index < -0.39 is 0 Å². The number of phenolic OH excluding ortho intramolecular Hbond substituents is 2. The van der Waals surface area contributed by atoms with Gasteiger partial charge >= 0.3 is 0 Å². The Hall–Kier alpha value is -9.94. The first-order chi connectivity index (χ1) is 41.3. The van der Waals surface area contributed by atoms with E-state index >= 15 is 0 Å². The van der Waals surface area contributed by atoms with Gasteiger partial charge in [0, 0.05) is 95.2 Å². The number of carbonyl (C=O) groups excluding carboxylic acids is 2. The summed E-state index contributed by atoms with van der Waals surface area (Å²) in [6, 6.07) is 50.3. The average molecular weight is 1140 g/mol. The number of hydrogen-bond donors (Lipinski definition) is 4. The lowest BCUT2D eigenvalue weighted by atomic mass is 9.81. The summed E-state index contributed by atoms with van der Waals surface area (Å²) in [4.78, 5) is 47.4. The minimum absolute atomic E-state index is 0.0694. The largest absolute Gasteiger partial charge is 0.507 e. The maximum Gasteiger partial charge on any atom is 0.255 e. The number of anilines is 2. The number of aromatic hydroxyl groups is 2. The molecule has 0 atom stereocenters. The molecule has 12 heteroatoms. The molecule has 11 rings (SSSR count). The van der Waals surface area contributed by atoms with Gasteiger partial charge in [0.05, 0.1) is 22.8 Å². The van der Waals surface area contributed by atoms with E-state index in [1.165, 1.54) is 0 Å². The van der Waals surface area contributed by atoms with Crippen LogP contribution in [0.2, 0.25) is 0 Å². The zero-order chi connectivity index (χ0) is 60.3. The maximum atomic E-state index is 14.6. The van der Waals surface area contributed by atoms with Gasteiger partial charge in [-0.25, -0.2) is 0 Å². The van der Waals surface area contributed by atoms with Crippen LogP contribution in [0.1, 0.15) is 140 Å². The second kappa shape index (κ2) is 24.3. The molecular weight excluding hydrogens is 1070 g/mol. The van der Waals surface area contributed by atoms with Crippen LogP contribution in [-0.4, -0.2) is 42.0 Å². The number of aromatic nitrogens is 4. The van der Waals surface area contributed by atoms with Gasteiger partial charge in [-0.3, -0.25) is 29.5 Å². The van der Waals surface area contributed by atoms with Crippen LogP contribution >= 0.6 is 0 Å². The van der Waals surface area contributed by atoms with Gasteiger partial charge in [0.2, 0.25) is 0 Å². The molecule has 4 heterocycles. The van der Waals surface area contributed by atoms with Crippen molar-refractivity contribution in [1.29, 1.82) is 0 Å². The Morgan fingerprint density at radius 2 is 0.733 bits per heavy atom. The first kappa shape index (κ1) is 57.9. The third-order valence-corrected chi connectivity index (χ3v) is 15.6. The highest BCUT2D eigenvalue weighted by Gasteiger charge is 2.28. The molecule has 0 saturated heterocycles. The highest BCUT2D eigenvalue weighted by Crippen LogP contribution is 2.44. The molecule has 0 spiro atoms. The number of rotatable bonds is 12. The summed E-state index contributed by atoms with van der Waals surface area (Å²) < 4.78 is 14.0. The zero-order valence-corrected chi connectivity index (χ0v) is 49.9. The minimum atomic E-state index is -0.368. The fourth-order valence-corrected chi connectivity index (χ4v) is 10.9. The van der Waals surface area contributed by atoms with E-state index in [1.54, 1.807) is 49.1 Å². The number of amides is 2. The number of fused-ring (bicyclic) bond motifs is 8. The summed E-state index contributed by atoms with van der Waals surface area (Å²) in [5.41, 5.74) is 14.7. The average Bonchev–Trinajstić information content (AvgIpc) is 1.13. The highest BCUT2D eigenvalue weighted by molar-refractivity contribution is 6.05. The Balaban J connectivity index is 1.11. The van der Waals surface area contributed by atoms with Crippen molar-refractivity contribution >= 4 is 23.2 Å². The van der Waals surface area contributed by atoms with E-state index in [9.17, 15) is 19.8 Å². The molecule has 0 unspecified atom stereocenters. The fraction of sp³-hybridized carbons (Fsp3) is 0.216. The van der Waals surface area contributed by atoms with Crippen molar-refractivity contribution in [3.05, 3.63) is 272 Å². The van der Waals surface area contributed by atoms with Gasteiger partial charge in [-0.05, 0) is 153 Å². The number of aryl methyl sites for hydroxylation is 2. The van der Waals surface area contributed by atoms with E-state index in [2.05, 4.69) is 96.4 Å². The van der Waals surface area contributed by atoms with Crippen LogP contribution in [0, 0.1) is 13.8 Å². The minimum Gasteiger partial charge on any atom is -0.507 e. The quantitative estimate of drug-likeness (QED) is 0.0864. The van der Waals surface area contributed by atoms with Gasteiger partial charge in [-0.15, -0.1) is 0 Å². The Morgan fingerprint density at radius 3 is 1.05 bits per heavy atom. The predicted molar refractivity (Wildman–Crippen MR) is 340 cm³/mol. The van der Waals surface area contributed by atoms with Gasteiger partial charge in [0.15, 0.2) is 0 Å². The molecule has 86 heavy (non-hydrogen) atoms. The lowest BCUT2D eigenvalue weighted by molar-refractivity contribution is 0.101. The second-order valence-corrected chi connectivity index (χ2v) is 24.5. The number of hydrogen-bond acceptors (Lipinski definition) is 10. The van der Waals surface area contributed by atoms with Crippen LogP contribution in [0.4, 0.5) is 11.4 Å². The Morgan fingerprint density at radius 1 is 0.419 bits per heavy atom. The van der Waals surface area contributed by atoms with Crippen molar-refractivity contribution in [3.8, 4) is 45.8 Å². The van der Waals surface area contributed by atoms with Crippen molar-refractivity contribution in [2.24, 2.45) is 0 Å². The second-order valence-electron chi connectivity index (χ2n) is 24.5. The normalized spacial score (nSPS) is 12.3. The number of carbonyl (C=O) groups is 2. The Bertz CT molecular complexity index is 3820. The highest BCUT2D eigenvalue weighted by atomic mass is 16.5. The third kappa shape index (κ3) is 13.4. The predicted octanol–water partition coefficient (Wildman–Crippen LogP) is 15.6. The third-order valence-electron chi connectivity index (χ3n) is 15.6. The lowest BCUT2D eigenvalue weighted by Gasteiger charge is -2.27. The maximum absolute atomic E-state index is 14.6. The summed E-state index contributed by atoms with van der Waals surface area (Å²) in [6.07, 6.45) is 7.42. The number of ether oxygens (including phenoxy) is 2. The molecule has 8 bridgehead atoms. The van der Waals surface area contributed by atoms with E-state index in [1.807, 2.05) is 123 Å². The number of pyridine rings is 4. The molecule has 1 aliphatic rings. The first-order valence-electron chi connectivity index (χ1n) is 29.0. The number of nitrogens with one attached hydrogen (secondary N) is 2. The molecular formula is C74H70N6O6. The molecule has 0 fully saturated rings. The lowest BCUT2D eigenvalue weighted by Crippen LogP contribution is -2.16. The molecule has 0 aliphatic heterocycles. The molecule has 12 nitrogen and oxygen atoms in total. The van der Waals surface area contributed by atoms with Gasteiger partial charge < -0.3 is 30.3 Å². The monoisotopic (exact) mass is 1140 g/mol. The molecule has 4 aromatic heterocycles. The Kier molecular flexibility index (Phi) is 16.4. The molecule has 2 amide bonds. The first-order valence-corrected chi connectivity index (χ1v) is 29.0. The molecule has 1 aliphatic carbocycles. The van der Waals surface area contributed by atoms with E-state index in [4.69, 9.17) is 9.47 Å². The number of benzene rings is 6. The molecule has 0 saturated carbocycles. The Labute approximate surface area is 503 Å². The zero-order valence-electron chi connectivity index (χ0n) is 49.9. The number of nitrogens with zero attached hydrogens (tertiary/aromatic N) is 4. The fourth-order valence-electron chi connectivity index (χ4n) is 10.9. The van der Waals surface area contributed by atoms with Crippen LogP contribution < -0.4 is 20.1 Å². The van der Waals surface area contributed by atoms with Gasteiger partial charge in [0.25, 0.3) is 11.8 Å². The van der Waals surface area contributed by atoms with Crippen LogP contribution in [0.15, 0.2) is 183 Å². The smallest absolute Gasteiger partial charge is 0.255 e. The molecule has 0 radical (unpaired) electrons. The standard InChI is InChI=1S/C74H70N6O6/c1-45-19-23-75-63(27-45)65-41-49(21-25-77-65)71(83)79-61-37-51-29-55-33-59(73(3,4)5)35-57(69(55)85-43-47-15-11-9-12-16-47)31-53-39-62(80-72(84)50-22-26-78-66(42-50)64-28-46(2)20-24-76-64)40-54(68(53)82)32-58-36-60(74(6,7)8)34-56(30-52(38-61)67(51)81)70(58)86-44-48-17-13-10-14-18-48/h9-28,33-42,81-82H,29-32,43-44H2,1-8H3,(H,79,83)(H,80,84). The van der Waals surface area contributed by atoms with Crippen LogP contribution in [0.25, 0.3) is 22.8 Å². The summed E-state index contributed by atoms with van der Waals surface area (Å²) in [6.45, 7) is 17.3. The van der Waals surface area contributed by atoms with Crippen molar-refractivity contribution in [3.63, 3.8) is 0 Å². The number of phenols is 2. The summed E-state index contributed by atoms with van der Waals surface area (Å²) in [5, 5.41) is 32.4. The van der Waals surface area contributed by atoms with Crippen molar-refractivity contribution in [2.45, 2.75) is 105 Å². The summed E-state index contributed by atoms with van der Waals surface area (Å²) in [7, 11) is 0. The SMILES string of the molecule is Cc1ccnc(-c2cc(C(=O)Nc3cc4c(O)c(c3)Cc3cc(C(C)(C)C)cc(c3OCc3ccccc3)Cc3cc(NC(=O)c5ccnc(-c6cc(C)ccn6)c5)cc(c3O)Cc3cc(C(C)(C)C)cc(c3OCc3ccccc3)C4)ccn2)c1. The molecule has 4 N–H and O–H groups in total. The molecule has 6 aromatic carbocycles. The van der Waals surface area contributed by atoms with Gasteiger partial charge in [0.1, 0.15) is 36.2 Å². The van der Waals surface area contributed by atoms with Crippen LogP contribution in [-0.2, 0) is 49.7 Å². The molecule has 10 aromatic rings. The van der Waals surface area contributed by atoms with Crippen LogP contribution in [0.3, 0.4) is 0 Å². The van der Waals surface area contributed by atoms with E-state index in [0.717, 1.165) is 55.6 Å².